The third-order valence-corrected chi connectivity index (χ3v) is 8.11. The largest absolute Gasteiger partial charge is 0.338 e. The summed E-state index contributed by atoms with van der Waals surface area (Å²) in [6.07, 6.45) is 0.936. The van der Waals surface area contributed by atoms with E-state index in [1.807, 2.05) is 18.2 Å². The molecule has 1 saturated heterocycles. The number of hydrogen-bond donors (Lipinski definition) is 2. The minimum Gasteiger partial charge on any atom is -0.338 e. The molecule has 0 unspecified atom stereocenters. The molecule has 0 bridgehead atoms. The molecule has 35 heavy (non-hydrogen) atoms. The van der Waals surface area contributed by atoms with Gasteiger partial charge in [0.2, 0.25) is 15.9 Å². The number of anilines is 1. The van der Waals surface area contributed by atoms with E-state index in [4.69, 9.17) is 0 Å². The molecule has 4 aromatic rings. The van der Waals surface area contributed by atoms with Crippen LogP contribution in [0.2, 0.25) is 0 Å². The number of hydrogen-bond acceptors (Lipinski definition) is 4. The molecule has 0 spiro atoms. The Kier molecular flexibility index (Phi) is 6.36. The number of nitrogens with one attached hydrogen (secondary N) is 2. The molecule has 1 aliphatic heterocycles. The van der Waals surface area contributed by atoms with E-state index in [0.29, 0.717) is 48.5 Å². The fourth-order valence-electron chi connectivity index (χ4n) is 4.38. The normalized spacial score (nSPS) is 15.3. The van der Waals surface area contributed by atoms with Crippen molar-refractivity contribution in [3.63, 3.8) is 0 Å². The fraction of sp³-hybridized carbons (Fsp3) is 0.231. The number of rotatable bonds is 6. The molecular weight excluding hydrogens is 467 g/mol. The number of piperidine rings is 1. The van der Waals surface area contributed by atoms with Gasteiger partial charge in [-0.2, -0.15) is 0 Å². The summed E-state index contributed by atoms with van der Waals surface area (Å²) >= 11 is 0. The van der Waals surface area contributed by atoms with E-state index in [9.17, 15) is 17.6 Å². The second kappa shape index (κ2) is 9.59. The molecule has 1 amide bonds. The number of nitrogens with zero attached hydrogens (tertiary/aromatic N) is 2. The Labute approximate surface area is 203 Å². The van der Waals surface area contributed by atoms with E-state index < -0.39 is 10.0 Å². The molecule has 9 heteroatoms. The van der Waals surface area contributed by atoms with Crippen molar-refractivity contribution in [2.24, 2.45) is 5.92 Å². The van der Waals surface area contributed by atoms with Crippen LogP contribution >= 0.6 is 0 Å². The maximum atomic E-state index is 13.6. The molecule has 7 nitrogen and oxygen atoms in total. The highest BCUT2D eigenvalue weighted by Crippen LogP contribution is 2.26. The first kappa shape index (κ1) is 23.2. The summed E-state index contributed by atoms with van der Waals surface area (Å²) in [5.74, 6) is -0.221. The molecule has 2 heterocycles. The van der Waals surface area contributed by atoms with E-state index in [1.54, 1.807) is 42.5 Å². The second-order valence-electron chi connectivity index (χ2n) is 8.73. The van der Waals surface area contributed by atoms with Crippen LogP contribution in [0, 0.1) is 11.7 Å². The Morgan fingerprint density at radius 3 is 2.54 bits per heavy atom. The number of benzene rings is 3. The monoisotopic (exact) mass is 492 g/mol. The summed E-state index contributed by atoms with van der Waals surface area (Å²) in [5, 5.41) is 2.94. The average Bonchev–Trinajstić information content (AvgIpc) is 3.28. The lowest BCUT2D eigenvalue weighted by molar-refractivity contribution is -0.120. The topological polar surface area (TPSA) is 95.2 Å². The molecule has 1 aromatic heterocycles. The molecule has 180 valence electrons. The van der Waals surface area contributed by atoms with Gasteiger partial charge in [-0.05, 0) is 48.7 Å². The van der Waals surface area contributed by atoms with Crippen molar-refractivity contribution in [1.29, 1.82) is 0 Å². The number of amides is 1. The molecule has 5 rings (SSSR count). The minimum atomic E-state index is -3.42. The van der Waals surface area contributed by atoms with Crippen molar-refractivity contribution >= 4 is 32.7 Å². The summed E-state index contributed by atoms with van der Waals surface area (Å²) in [6, 6.07) is 20.7. The number of aromatic nitrogens is 2. The third-order valence-electron chi connectivity index (χ3n) is 6.26. The number of sulfonamides is 1. The predicted molar refractivity (Wildman–Crippen MR) is 133 cm³/mol. The zero-order valence-electron chi connectivity index (χ0n) is 18.9. The van der Waals surface area contributed by atoms with Crippen molar-refractivity contribution in [3.8, 4) is 11.4 Å². The summed E-state index contributed by atoms with van der Waals surface area (Å²) < 4.78 is 40.6. The number of H-pyrrole nitrogens is 1. The van der Waals surface area contributed by atoms with E-state index in [-0.39, 0.29) is 23.4 Å². The maximum Gasteiger partial charge on any atom is 0.227 e. The summed E-state index contributed by atoms with van der Waals surface area (Å²) in [4.78, 5) is 20.5. The zero-order valence-corrected chi connectivity index (χ0v) is 19.8. The van der Waals surface area contributed by atoms with Gasteiger partial charge >= 0.3 is 0 Å². The number of imidazole rings is 1. The van der Waals surface area contributed by atoms with Gasteiger partial charge in [0, 0.05) is 30.3 Å². The van der Waals surface area contributed by atoms with Gasteiger partial charge in [-0.25, -0.2) is 22.1 Å². The Balaban J connectivity index is 1.21. The molecule has 0 aliphatic carbocycles. The molecular formula is C26H25FN4O3S. The van der Waals surface area contributed by atoms with Crippen LogP contribution in [0.25, 0.3) is 22.4 Å². The van der Waals surface area contributed by atoms with Gasteiger partial charge in [-0.3, -0.25) is 4.79 Å². The maximum absolute atomic E-state index is 13.6. The highest BCUT2D eigenvalue weighted by Gasteiger charge is 2.31. The van der Waals surface area contributed by atoms with E-state index in [0.717, 1.165) is 11.1 Å². The number of carbonyl (C=O) groups is 1. The minimum absolute atomic E-state index is 0.0352. The van der Waals surface area contributed by atoms with E-state index >= 15 is 0 Å². The average molecular weight is 493 g/mol. The van der Waals surface area contributed by atoms with Crippen molar-refractivity contribution in [2.45, 2.75) is 18.6 Å². The van der Waals surface area contributed by atoms with Gasteiger partial charge in [-0.1, -0.05) is 42.5 Å². The van der Waals surface area contributed by atoms with Crippen molar-refractivity contribution < 1.29 is 17.6 Å². The zero-order chi connectivity index (χ0) is 24.4. The Hall–Kier alpha value is -3.56. The first-order chi connectivity index (χ1) is 16.9. The lowest BCUT2D eigenvalue weighted by Crippen LogP contribution is -2.41. The number of aromatic amines is 1. The van der Waals surface area contributed by atoms with Crippen LogP contribution in [0.15, 0.2) is 72.8 Å². The van der Waals surface area contributed by atoms with Gasteiger partial charge in [0.15, 0.2) is 0 Å². The Morgan fingerprint density at radius 2 is 1.80 bits per heavy atom. The first-order valence-electron chi connectivity index (χ1n) is 11.5. The quantitative estimate of drug-likeness (QED) is 0.413. The van der Waals surface area contributed by atoms with Crippen LogP contribution in [0.3, 0.4) is 0 Å². The van der Waals surface area contributed by atoms with Gasteiger partial charge in [0.05, 0.1) is 16.8 Å². The van der Waals surface area contributed by atoms with Crippen LogP contribution in [-0.2, 0) is 20.6 Å². The second-order valence-corrected chi connectivity index (χ2v) is 10.7. The molecule has 1 fully saturated rings. The molecule has 2 N–H and O–H groups in total. The Bertz CT molecular complexity index is 1460. The van der Waals surface area contributed by atoms with Gasteiger partial charge in [0.1, 0.15) is 11.6 Å². The summed E-state index contributed by atoms with van der Waals surface area (Å²) in [7, 11) is -3.42. The fourth-order valence-corrected chi connectivity index (χ4v) is 5.94. The summed E-state index contributed by atoms with van der Waals surface area (Å²) in [6.45, 7) is 0.646. The van der Waals surface area contributed by atoms with Crippen molar-refractivity contribution in [2.75, 3.05) is 18.4 Å². The van der Waals surface area contributed by atoms with Gasteiger partial charge in [0.25, 0.3) is 0 Å². The predicted octanol–water partition coefficient (Wildman–Crippen LogP) is 4.55. The number of carbonyl (C=O) groups excluding carboxylic acids is 1. The Morgan fingerprint density at radius 1 is 1.03 bits per heavy atom. The van der Waals surface area contributed by atoms with Crippen LogP contribution in [0.5, 0.6) is 0 Å². The van der Waals surface area contributed by atoms with E-state index in [2.05, 4.69) is 15.3 Å². The van der Waals surface area contributed by atoms with Crippen molar-refractivity contribution in [1.82, 2.24) is 14.3 Å². The van der Waals surface area contributed by atoms with Crippen molar-refractivity contribution in [3.05, 3.63) is 84.2 Å². The van der Waals surface area contributed by atoms with Crippen LogP contribution in [-0.4, -0.2) is 41.7 Å². The SMILES string of the molecule is O=C(Nc1ccc2nc(-c3cccc(F)c3)[nH]c2c1)C1CCN(S(=O)(=O)Cc2ccccc2)CC1. The van der Waals surface area contributed by atoms with E-state index in [1.165, 1.54) is 16.4 Å². The van der Waals surface area contributed by atoms with Gasteiger partial charge < -0.3 is 10.3 Å². The standard InChI is InChI=1S/C26H25FN4O3S/c27-21-8-4-7-20(15-21)25-29-23-10-9-22(16-24(23)30-25)28-26(32)19-11-13-31(14-12-19)35(33,34)17-18-5-2-1-3-6-18/h1-10,15-16,19H,11-14,17H2,(H,28,32)(H,29,30). The lowest BCUT2D eigenvalue weighted by atomic mass is 9.97. The lowest BCUT2D eigenvalue weighted by Gasteiger charge is -2.30. The number of halogens is 1. The van der Waals surface area contributed by atoms with Crippen LogP contribution in [0.1, 0.15) is 18.4 Å². The molecule has 1 aliphatic rings. The molecule has 0 radical (unpaired) electrons. The number of fused-ring (bicyclic) bond motifs is 1. The molecule has 0 saturated carbocycles. The highest BCUT2D eigenvalue weighted by atomic mass is 32.2. The van der Waals surface area contributed by atoms with Crippen LogP contribution < -0.4 is 5.32 Å². The molecule has 3 aromatic carbocycles. The molecule has 0 atom stereocenters. The third kappa shape index (κ3) is 5.26. The summed E-state index contributed by atoms with van der Waals surface area (Å²) in [5.41, 5.74) is 3.45. The van der Waals surface area contributed by atoms with Gasteiger partial charge in [-0.15, -0.1) is 0 Å². The van der Waals surface area contributed by atoms with Crippen LogP contribution in [0.4, 0.5) is 10.1 Å². The smallest absolute Gasteiger partial charge is 0.227 e. The first-order valence-corrected chi connectivity index (χ1v) is 13.1. The highest BCUT2D eigenvalue weighted by molar-refractivity contribution is 7.88.